The second-order valence-electron chi connectivity index (χ2n) is 17.0. The molecule has 0 unspecified atom stereocenters. The molecule has 0 atom stereocenters. The first-order valence-corrected chi connectivity index (χ1v) is 22.8. The molecule has 0 radical (unpaired) electrons. The fraction of sp³-hybridized carbons (Fsp3) is 0.0167. The third-order valence-electron chi connectivity index (χ3n) is 13.5. The van der Waals surface area contributed by atoms with E-state index >= 15 is 0 Å². The number of aromatic nitrogens is 3. The van der Waals surface area contributed by atoms with Crippen LogP contribution in [0, 0.1) is 0 Å². The molecular weight excluding hydrogens is 811 g/mol. The van der Waals surface area contributed by atoms with Gasteiger partial charge in [0.1, 0.15) is 11.2 Å². The van der Waals surface area contributed by atoms with Crippen LogP contribution < -0.4 is 0 Å². The summed E-state index contributed by atoms with van der Waals surface area (Å²) in [6.45, 7) is 0. The van der Waals surface area contributed by atoms with Crippen LogP contribution in [0.4, 0.5) is 0 Å². The number of hydrogen-bond acceptors (Lipinski definition) is 5. The van der Waals surface area contributed by atoms with Crippen molar-refractivity contribution in [1.29, 1.82) is 0 Å². The third-order valence-corrected chi connectivity index (χ3v) is 14.8. The third kappa shape index (κ3) is 5.24. The largest absolute Gasteiger partial charge is 0.456 e. The summed E-state index contributed by atoms with van der Waals surface area (Å²) < 4.78 is 6.33. The van der Waals surface area contributed by atoms with Crippen LogP contribution in [0.15, 0.2) is 227 Å². The van der Waals surface area contributed by atoms with E-state index in [-0.39, 0.29) is 0 Å². The van der Waals surface area contributed by atoms with Gasteiger partial charge in [0.25, 0.3) is 0 Å². The maximum absolute atomic E-state index is 6.33. The molecule has 14 rings (SSSR count). The van der Waals surface area contributed by atoms with E-state index in [4.69, 9.17) is 19.4 Å². The molecule has 4 heterocycles. The Labute approximate surface area is 378 Å². The molecule has 302 valence electrons. The average molecular weight is 846 g/mol. The molecule has 4 nitrogen and oxygen atoms in total. The van der Waals surface area contributed by atoms with Crippen LogP contribution in [-0.4, -0.2) is 15.0 Å². The van der Waals surface area contributed by atoms with Gasteiger partial charge in [-0.25, -0.2) is 15.0 Å². The molecule has 0 saturated carbocycles. The van der Waals surface area contributed by atoms with Gasteiger partial charge in [-0.3, -0.25) is 0 Å². The maximum Gasteiger partial charge on any atom is 0.160 e. The smallest absolute Gasteiger partial charge is 0.160 e. The lowest BCUT2D eigenvalue weighted by Gasteiger charge is -2.40. The average Bonchev–Trinajstić information content (AvgIpc) is 3.90. The molecule has 0 amide bonds. The Bertz CT molecular complexity index is 3900. The van der Waals surface area contributed by atoms with Crippen molar-refractivity contribution in [3.8, 4) is 56.3 Å². The Morgan fingerprint density at radius 1 is 0.385 bits per heavy atom. The molecule has 2 aliphatic rings. The highest BCUT2D eigenvalue weighted by Gasteiger charge is 2.50. The normalized spacial score (nSPS) is 13.3. The van der Waals surface area contributed by atoms with Crippen molar-refractivity contribution in [3.05, 3.63) is 235 Å². The van der Waals surface area contributed by atoms with Crippen molar-refractivity contribution in [2.45, 2.75) is 15.2 Å². The second-order valence-corrected chi connectivity index (χ2v) is 18.0. The summed E-state index contributed by atoms with van der Waals surface area (Å²) in [5, 5.41) is 5.60. The topological polar surface area (TPSA) is 51.8 Å². The lowest BCUT2D eigenvalue weighted by molar-refractivity contribution is 0.669. The van der Waals surface area contributed by atoms with Crippen LogP contribution >= 0.6 is 11.8 Å². The number of fused-ring (bicyclic) bond motifs is 16. The summed E-state index contributed by atoms with van der Waals surface area (Å²) in [5.41, 5.74) is 16.6. The maximum atomic E-state index is 6.33. The lowest BCUT2D eigenvalue weighted by Crippen LogP contribution is -2.32. The number of hydrogen-bond donors (Lipinski definition) is 0. The standard InChI is InChI=1S/C60H35N3OS/c1-2-16-36(17-3-1)59-62-50(35-51(63-59)42-24-15-30-53-55(42)43-23-7-12-29-52(43)64-53)37-18-14-19-38(34-37)57-44-32-33-48-58(56(44)41-22-6-11-28-49(41)61-57)65-54-31-13-10-27-47(54)60(48)45-25-8-4-20-39(45)40-21-5-9-26-46(40)60/h1-35H. The van der Waals surface area contributed by atoms with E-state index in [1.54, 1.807) is 0 Å². The van der Waals surface area contributed by atoms with Crippen LogP contribution in [0.3, 0.4) is 0 Å². The Kier molecular flexibility index (Phi) is 7.80. The van der Waals surface area contributed by atoms with Gasteiger partial charge in [0.2, 0.25) is 0 Å². The lowest BCUT2D eigenvalue weighted by atomic mass is 9.67. The first kappa shape index (κ1) is 36.4. The van der Waals surface area contributed by atoms with Crippen molar-refractivity contribution in [3.63, 3.8) is 0 Å². The number of furan rings is 1. The zero-order valence-corrected chi connectivity index (χ0v) is 35.7. The summed E-state index contributed by atoms with van der Waals surface area (Å²) in [6.07, 6.45) is 0. The second kappa shape index (κ2) is 13.9. The highest BCUT2D eigenvalue weighted by atomic mass is 32.2. The van der Waals surface area contributed by atoms with Gasteiger partial charge in [0.05, 0.1) is 28.0 Å². The van der Waals surface area contributed by atoms with Crippen LogP contribution in [0.25, 0.3) is 99.9 Å². The molecule has 1 aliphatic carbocycles. The molecule has 65 heavy (non-hydrogen) atoms. The fourth-order valence-electron chi connectivity index (χ4n) is 10.8. The van der Waals surface area contributed by atoms with E-state index in [2.05, 4.69) is 170 Å². The minimum Gasteiger partial charge on any atom is -0.456 e. The molecule has 0 fully saturated rings. The quantitative estimate of drug-likeness (QED) is 0.165. The summed E-state index contributed by atoms with van der Waals surface area (Å²) in [4.78, 5) is 18.6. The number of rotatable bonds is 4. The Morgan fingerprint density at radius 3 is 1.86 bits per heavy atom. The van der Waals surface area contributed by atoms with Gasteiger partial charge in [-0.05, 0) is 69.8 Å². The van der Waals surface area contributed by atoms with Gasteiger partial charge < -0.3 is 4.42 Å². The van der Waals surface area contributed by atoms with Gasteiger partial charge >= 0.3 is 0 Å². The molecule has 3 aromatic heterocycles. The zero-order chi connectivity index (χ0) is 42.6. The summed E-state index contributed by atoms with van der Waals surface area (Å²) in [7, 11) is 0. The van der Waals surface area contributed by atoms with Crippen LogP contribution in [0.2, 0.25) is 0 Å². The van der Waals surface area contributed by atoms with Crippen molar-refractivity contribution in [2.75, 3.05) is 0 Å². The summed E-state index contributed by atoms with van der Waals surface area (Å²) >= 11 is 1.89. The number of para-hydroxylation sites is 2. The van der Waals surface area contributed by atoms with Crippen molar-refractivity contribution >= 4 is 55.4 Å². The van der Waals surface area contributed by atoms with Crippen molar-refractivity contribution in [2.24, 2.45) is 0 Å². The van der Waals surface area contributed by atoms with E-state index in [0.717, 1.165) is 77.6 Å². The highest BCUT2D eigenvalue weighted by molar-refractivity contribution is 7.99. The molecule has 0 bridgehead atoms. The predicted octanol–water partition coefficient (Wildman–Crippen LogP) is 15.6. The molecule has 0 N–H and O–H groups in total. The van der Waals surface area contributed by atoms with E-state index in [1.165, 1.54) is 48.6 Å². The molecule has 1 spiro atoms. The van der Waals surface area contributed by atoms with Gasteiger partial charge in [-0.2, -0.15) is 0 Å². The Morgan fingerprint density at radius 2 is 1.02 bits per heavy atom. The van der Waals surface area contributed by atoms with E-state index in [1.807, 2.05) is 54.2 Å². The number of nitrogens with zero attached hydrogens (tertiary/aromatic N) is 3. The first-order valence-electron chi connectivity index (χ1n) is 22.0. The molecule has 9 aromatic carbocycles. The highest BCUT2D eigenvalue weighted by Crippen LogP contribution is 2.63. The van der Waals surface area contributed by atoms with Crippen molar-refractivity contribution in [1.82, 2.24) is 15.0 Å². The molecular formula is C60H35N3OS. The van der Waals surface area contributed by atoms with E-state index in [0.29, 0.717) is 5.82 Å². The minimum absolute atomic E-state index is 0.475. The molecule has 12 aromatic rings. The summed E-state index contributed by atoms with van der Waals surface area (Å²) in [6, 6.07) is 75.9. The minimum atomic E-state index is -0.475. The SMILES string of the molecule is c1ccc(-c2nc(-c3cccc(-c4nc5ccccc5c5c6c(ccc45)C4(c5ccccc5S6)c5ccccc5-c5ccccc54)c3)cc(-c3cccc4oc5ccccc5c34)n2)cc1. The Hall–Kier alpha value is -8.12. The van der Waals surface area contributed by atoms with E-state index in [9.17, 15) is 0 Å². The van der Waals surface area contributed by atoms with Gasteiger partial charge in [-0.15, -0.1) is 0 Å². The number of pyridine rings is 1. The molecule has 5 heteroatoms. The fourth-order valence-corrected chi connectivity index (χ4v) is 12.2. The number of benzene rings is 9. The predicted molar refractivity (Wildman–Crippen MR) is 265 cm³/mol. The summed E-state index contributed by atoms with van der Waals surface area (Å²) in [5.74, 6) is 0.663. The first-order chi connectivity index (χ1) is 32.2. The van der Waals surface area contributed by atoms with Crippen molar-refractivity contribution < 1.29 is 4.42 Å². The van der Waals surface area contributed by atoms with Crippen LogP contribution in [0.5, 0.6) is 0 Å². The molecule has 0 saturated heterocycles. The monoisotopic (exact) mass is 845 g/mol. The Balaban J connectivity index is 1.000. The van der Waals surface area contributed by atoms with Gasteiger partial charge in [0, 0.05) is 59.0 Å². The zero-order valence-electron chi connectivity index (χ0n) is 34.9. The van der Waals surface area contributed by atoms with Crippen LogP contribution in [-0.2, 0) is 5.41 Å². The van der Waals surface area contributed by atoms with E-state index < -0.39 is 5.41 Å². The van der Waals surface area contributed by atoms with Gasteiger partial charge in [-0.1, -0.05) is 188 Å². The van der Waals surface area contributed by atoms with Crippen LogP contribution in [0.1, 0.15) is 22.3 Å². The molecule has 1 aliphatic heterocycles. The van der Waals surface area contributed by atoms with Gasteiger partial charge in [0.15, 0.2) is 5.82 Å².